The topological polar surface area (TPSA) is 114 Å². The molecule has 0 radical (unpaired) electrons. The second kappa shape index (κ2) is 7.83. The normalized spacial score (nSPS) is 17.9. The zero-order chi connectivity index (χ0) is 22.4. The molecule has 3 aromatic heterocycles. The van der Waals surface area contributed by atoms with Crippen LogP contribution in [0.5, 0.6) is 0 Å². The summed E-state index contributed by atoms with van der Waals surface area (Å²) in [6, 6.07) is 4.27. The minimum atomic E-state index is -0.513. The highest BCUT2D eigenvalue weighted by atomic mass is 19.1. The van der Waals surface area contributed by atoms with Crippen molar-refractivity contribution in [3.8, 4) is 0 Å². The number of nitrogens with zero attached hydrogens (tertiary/aromatic N) is 5. The summed E-state index contributed by atoms with van der Waals surface area (Å²) in [6.45, 7) is 3.37. The molecular formula is C21H22FN7O3. The van der Waals surface area contributed by atoms with Crippen LogP contribution in [0.4, 0.5) is 10.2 Å². The molecule has 0 aromatic carbocycles. The fourth-order valence-corrected chi connectivity index (χ4v) is 4.34. The summed E-state index contributed by atoms with van der Waals surface area (Å²) in [4.78, 5) is 44.9. The van der Waals surface area contributed by atoms with Gasteiger partial charge in [0.1, 0.15) is 29.5 Å². The fourth-order valence-electron chi connectivity index (χ4n) is 4.34. The number of halogens is 1. The van der Waals surface area contributed by atoms with Gasteiger partial charge in [-0.15, -0.1) is 0 Å². The smallest absolute Gasteiger partial charge is 0.280 e. The summed E-state index contributed by atoms with van der Waals surface area (Å²) in [5.41, 5.74) is 1.29. The highest BCUT2D eigenvalue weighted by Gasteiger charge is 2.39. The fraction of sp³-hybridized carbons (Fsp3) is 0.381. The Labute approximate surface area is 182 Å². The maximum atomic E-state index is 13.4. The Hall–Kier alpha value is -3.60. The minimum Gasteiger partial charge on any atom is -0.328 e. The van der Waals surface area contributed by atoms with Crippen LogP contribution in [-0.2, 0) is 24.3 Å². The van der Waals surface area contributed by atoms with Crippen LogP contribution < -0.4 is 16.2 Å². The first kappa shape index (κ1) is 20.3. The lowest BCUT2D eigenvalue weighted by Gasteiger charge is -2.22. The van der Waals surface area contributed by atoms with E-state index < -0.39 is 11.7 Å². The zero-order valence-corrected chi connectivity index (χ0v) is 17.5. The van der Waals surface area contributed by atoms with Crippen molar-refractivity contribution in [1.82, 2.24) is 29.4 Å². The molecule has 2 aliphatic heterocycles. The largest absolute Gasteiger partial charge is 0.328 e. The maximum absolute atomic E-state index is 13.4. The molecule has 10 nitrogen and oxygen atoms in total. The van der Waals surface area contributed by atoms with Gasteiger partial charge in [-0.2, -0.15) is 9.61 Å². The van der Waals surface area contributed by atoms with E-state index in [0.29, 0.717) is 29.9 Å². The molecule has 5 rings (SSSR count). The minimum absolute atomic E-state index is 0.00137. The van der Waals surface area contributed by atoms with Crippen molar-refractivity contribution in [2.75, 3.05) is 18.4 Å². The van der Waals surface area contributed by atoms with Gasteiger partial charge in [-0.3, -0.25) is 14.4 Å². The molecule has 1 atom stereocenters. The number of pyridine rings is 1. The van der Waals surface area contributed by atoms with E-state index in [1.54, 1.807) is 15.5 Å². The maximum Gasteiger partial charge on any atom is 0.280 e. The lowest BCUT2D eigenvalue weighted by molar-refractivity contribution is -0.116. The predicted octanol–water partition coefficient (Wildman–Crippen LogP) is 0.549. The third kappa shape index (κ3) is 3.34. The monoisotopic (exact) mass is 439 g/mol. The van der Waals surface area contributed by atoms with Gasteiger partial charge in [-0.05, 0) is 31.5 Å². The Morgan fingerprint density at radius 1 is 1.34 bits per heavy atom. The Morgan fingerprint density at radius 2 is 2.19 bits per heavy atom. The molecule has 1 fully saturated rings. The number of carbonyl (C=O) groups is 2. The lowest BCUT2D eigenvalue weighted by Crippen LogP contribution is -2.37. The van der Waals surface area contributed by atoms with Crippen molar-refractivity contribution in [2.45, 2.75) is 38.9 Å². The average molecular weight is 439 g/mol. The SMILES string of the molecule is CCc1cc2n(CC(=O)Nc3ccc(F)cn3)c3c(c(=O)n2n1)CN([C@@H]1CCNC1)C3=O. The first-order chi connectivity index (χ1) is 15.5. The number of aryl methyl sites for hydroxylation is 1. The number of hydrogen-bond donors (Lipinski definition) is 2. The summed E-state index contributed by atoms with van der Waals surface area (Å²) in [5.74, 6) is -1.04. The molecular weight excluding hydrogens is 417 g/mol. The number of anilines is 1. The van der Waals surface area contributed by atoms with E-state index in [4.69, 9.17) is 0 Å². The number of carbonyl (C=O) groups excluding carboxylic acids is 2. The molecule has 5 heterocycles. The molecule has 3 aromatic rings. The van der Waals surface area contributed by atoms with E-state index in [-0.39, 0.29) is 42.1 Å². The van der Waals surface area contributed by atoms with E-state index in [1.807, 2.05) is 6.92 Å². The summed E-state index contributed by atoms with van der Waals surface area (Å²) < 4.78 is 15.9. The van der Waals surface area contributed by atoms with E-state index in [1.165, 1.54) is 16.6 Å². The molecule has 11 heteroatoms. The molecule has 166 valence electrons. The first-order valence-electron chi connectivity index (χ1n) is 10.5. The summed E-state index contributed by atoms with van der Waals surface area (Å²) in [7, 11) is 0. The highest BCUT2D eigenvalue weighted by molar-refractivity contribution is 5.98. The number of fused-ring (bicyclic) bond motifs is 2. The van der Waals surface area contributed by atoms with E-state index >= 15 is 0 Å². The molecule has 0 saturated carbocycles. The molecule has 2 aliphatic rings. The molecule has 2 N–H and O–H groups in total. The van der Waals surface area contributed by atoms with Crippen LogP contribution in [0.25, 0.3) is 5.65 Å². The summed E-state index contributed by atoms with van der Waals surface area (Å²) in [5, 5.41) is 10.2. The molecule has 0 aliphatic carbocycles. The van der Waals surface area contributed by atoms with Gasteiger partial charge in [-0.1, -0.05) is 6.92 Å². The number of nitrogens with one attached hydrogen (secondary N) is 2. The van der Waals surface area contributed by atoms with Crippen LogP contribution in [0.1, 0.15) is 35.1 Å². The van der Waals surface area contributed by atoms with E-state index in [9.17, 15) is 18.8 Å². The quantitative estimate of drug-likeness (QED) is 0.600. The van der Waals surface area contributed by atoms with Crippen LogP contribution in [0, 0.1) is 5.82 Å². The second-order valence-corrected chi connectivity index (χ2v) is 7.97. The number of aromatic nitrogens is 4. The van der Waals surface area contributed by atoms with Gasteiger partial charge in [0.25, 0.3) is 11.5 Å². The number of amides is 2. The lowest BCUT2D eigenvalue weighted by atomic mass is 10.2. The third-order valence-electron chi connectivity index (χ3n) is 5.95. The van der Waals surface area contributed by atoms with Crippen molar-refractivity contribution in [2.24, 2.45) is 0 Å². The van der Waals surface area contributed by atoms with Gasteiger partial charge in [0.2, 0.25) is 5.91 Å². The van der Waals surface area contributed by atoms with Crippen LogP contribution in [0.3, 0.4) is 0 Å². The van der Waals surface area contributed by atoms with Crippen LogP contribution in [-0.4, -0.2) is 55.0 Å². The summed E-state index contributed by atoms with van der Waals surface area (Å²) >= 11 is 0. The van der Waals surface area contributed by atoms with Gasteiger partial charge in [-0.25, -0.2) is 9.37 Å². The third-order valence-corrected chi connectivity index (χ3v) is 5.95. The van der Waals surface area contributed by atoms with Crippen molar-refractivity contribution in [1.29, 1.82) is 0 Å². The molecule has 0 spiro atoms. The van der Waals surface area contributed by atoms with Crippen LogP contribution in [0.15, 0.2) is 29.2 Å². The molecule has 32 heavy (non-hydrogen) atoms. The van der Waals surface area contributed by atoms with E-state index in [2.05, 4.69) is 20.7 Å². The van der Waals surface area contributed by atoms with Gasteiger partial charge < -0.3 is 20.1 Å². The van der Waals surface area contributed by atoms with Crippen molar-refractivity contribution >= 4 is 23.3 Å². The van der Waals surface area contributed by atoms with Gasteiger partial charge >= 0.3 is 0 Å². The van der Waals surface area contributed by atoms with Gasteiger partial charge in [0.05, 0.1) is 24.0 Å². The first-order valence-corrected chi connectivity index (χ1v) is 10.5. The predicted molar refractivity (Wildman–Crippen MR) is 113 cm³/mol. The Bertz CT molecular complexity index is 1280. The Balaban J connectivity index is 1.56. The van der Waals surface area contributed by atoms with Gasteiger partial charge in [0, 0.05) is 18.7 Å². The molecule has 0 unspecified atom stereocenters. The zero-order valence-electron chi connectivity index (χ0n) is 17.5. The van der Waals surface area contributed by atoms with E-state index in [0.717, 1.165) is 19.2 Å². The Kier molecular flexibility index (Phi) is 4.97. The average Bonchev–Trinajstić information content (AvgIpc) is 3.51. The Morgan fingerprint density at radius 3 is 2.88 bits per heavy atom. The standard InChI is InChI=1S/C21H22FN7O3/c1-2-13-7-18-28(11-17(30)25-16-4-3-12(22)8-24-16)19-15(20(31)29(18)26-13)10-27(21(19)32)14-5-6-23-9-14/h3-4,7-8,14,23H,2,5-6,9-11H2,1H3,(H,24,25,30)/t14-/m1/s1. The molecule has 2 amide bonds. The molecule has 1 saturated heterocycles. The highest BCUT2D eigenvalue weighted by Crippen LogP contribution is 2.26. The van der Waals surface area contributed by atoms with Crippen molar-refractivity contribution in [3.63, 3.8) is 0 Å². The summed E-state index contributed by atoms with van der Waals surface area (Å²) in [6.07, 6.45) is 2.42. The van der Waals surface area contributed by atoms with Crippen molar-refractivity contribution in [3.05, 3.63) is 57.5 Å². The van der Waals surface area contributed by atoms with Crippen molar-refractivity contribution < 1.29 is 14.0 Å². The molecule has 0 bridgehead atoms. The second-order valence-electron chi connectivity index (χ2n) is 7.97. The van der Waals surface area contributed by atoms with Gasteiger partial charge in [0.15, 0.2) is 0 Å². The van der Waals surface area contributed by atoms with Crippen LogP contribution >= 0.6 is 0 Å². The number of hydrogen-bond acceptors (Lipinski definition) is 6. The van der Waals surface area contributed by atoms with Crippen LogP contribution in [0.2, 0.25) is 0 Å². The number of rotatable bonds is 5.